The number of para-hydroxylation sites is 1. The fraction of sp³-hybridized carbons (Fsp3) is 0.235. The van der Waals surface area contributed by atoms with Crippen molar-refractivity contribution >= 4 is 23.2 Å². The molecule has 0 saturated heterocycles. The van der Waals surface area contributed by atoms with Crippen LogP contribution in [-0.2, 0) is 0 Å². The molecule has 1 amide bonds. The summed E-state index contributed by atoms with van der Waals surface area (Å²) >= 11 is 6.22. The lowest BCUT2D eigenvalue weighted by Gasteiger charge is -2.13. The molecule has 0 spiro atoms. The Morgan fingerprint density at radius 3 is 2.62 bits per heavy atom. The van der Waals surface area contributed by atoms with Gasteiger partial charge in [-0.15, -0.1) is 0 Å². The Hall–Kier alpha value is -2.00. The van der Waals surface area contributed by atoms with Gasteiger partial charge in [-0.2, -0.15) is 0 Å². The summed E-state index contributed by atoms with van der Waals surface area (Å²) in [5, 5.41) is 3.41. The Balaban J connectivity index is 2.31. The summed E-state index contributed by atoms with van der Waals surface area (Å²) in [6.07, 6.45) is 0. The van der Waals surface area contributed by atoms with E-state index in [0.29, 0.717) is 28.6 Å². The van der Waals surface area contributed by atoms with Crippen molar-refractivity contribution in [2.24, 2.45) is 0 Å². The molecule has 0 aliphatic carbocycles. The molecule has 4 heteroatoms. The second kappa shape index (κ2) is 6.64. The fourth-order valence-electron chi connectivity index (χ4n) is 2.19. The van der Waals surface area contributed by atoms with Crippen LogP contribution in [-0.4, -0.2) is 12.5 Å². The van der Waals surface area contributed by atoms with E-state index in [0.717, 1.165) is 11.1 Å². The van der Waals surface area contributed by atoms with Crippen LogP contribution in [0.4, 0.5) is 5.69 Å². The van der Waals surface area contributed by atoms with Crippen molar-refractivity contribution in [2.45, 2.75) is 20.8 Å². The summed E-state index contributed by atoms with van der Waals surface area (Å²) < 4.78 is 5.48. The van der Waals surface area contributed by atoms with Crippen molar-refractivity contribution in [3.8, 4) is 5.75 Å². The van der Waals surface area contributed by atoms with E-state index in [2.05, 4.69) is 5.32 Å². The number of anilines is 1. The van der Waals surface area contributed by atoms with Crippen molar-refractivity contribution in [1.29, 1.82) is 0 Å². The Bertz CT molecular complexity index is 645. The molecule has 0 unspecified atom stereocenters. The molecular formula is C17H18ClNO2. The van der Waals surface area contributed by atoms with Gasteiger partial charge in [-0.05, 0) is 50.1 Å². The molecule has 2 aromatic carbocycles. The average molecular weight is 304 g/mol. The SMILES string of the molecule is CCOc1ccccc1C(=O)Nc1c(C)cc(C)cc1Cl. The highest BCUT2D eigenvalue weighted by molar-refractivity contribution is 6.34. The van der Waals surface area contributed by atoms with Crippen LogP contribution in [0.5, 0.6) is 5.75 Å². The van der Waals surface area contributed by atoms with Gasteiger partial charge < -0.3 is 10.1 Å². The van der Waals surface area contributed by atoms with E-state index in [4.69, 9.17) is 16.3 Å². The number of ether oxygens (including phenoxy) is 1. The van der Waals surface area contributed by atoms with Crippen LogP contribution in [0.3, 0.4) is 0 Å². The first-order valence-electron chi connectivity index (χ1n) is 6.83. The summed E-state index contributed by atoms with van der Waals surface area (Å²) in [7, 11) is 0. The molecule has 2 rings (SSSR count). The number of aryl methyl sites for hydroxylation is 2. The molecule has 0 bridgehead atoms. The summed E-state index contributed by atoms with van der Waals surface area (Å²) in [4.78, 5) is 12.4. The first kappa shape index (κ1) is 15.4. The summed E-state index contributed by atoms with van der Waals surface area (Å²) in [5.74, 6) is 0.339. The zero-order chi connectivity index (χ0) is 15.4. The number of hydrogen-bond acceptors (Lipinski definition) is 2. The number of carbonyl (C=O) groups excluding carboxylic acids is 1. The monoisotopic (exact) mass is 303 g/mol. The lowest BCUT2D eigenvalue weighted by Crippen LogP contribution is -2.14. The number of benzene rings is 2. The van der Waals surface area contributed by atoms with Crippen LogP contribution < -0.4 is 10.1 Å². The maximum absolute atomic E-state index is 12.4. The van der Waals surface area contributed by atoms with Crippen molar-refractivity contribution in [3.05, 3.63) is 58.1 Å². The first-order valence-corrected chi connectivity index (χ1v) is 7.20. The smallest absolute Gasteiger partial charge is 0.259 e. The molecule has 1 N–H and O–H groups in total. The highest BCUT2D eigenvalue weighted by Crippen LogP contribution is 2.28. The molecular weight excluding hydrogens is 286 g/mol. The van der Waals surface area contributed by atoms with Crippen molar-refractivity contribution in [1.82, 2.24) is 0 Å². The quantitative estimate of drug-likeness (QED) is 0.896. The van der Waals surface area contributed by atoms with Crippen LogP contribution in [0.15, 0.2) is 36.4 Å². The fourth-order valence-corrected chi connectivity index (χ4v) is 2.56. The van der Waals surface area contributed by atoms with E-state index in [1.807, 2.05) is 39.0 Å². The zero-order valence-electron chi connectivity index (χ0n) is 12.4. The largest absolute Gasteiger partial charge is 0.493 e. The molecule has 110 valence electrons. The highest BCUT2D eigenvalue weighted by Gasteiger charge is 2.15. The van der Waals surface area contributed by atoms with Gasteiger partial charge in [0.1, 0.15) is 5.75 Å². The summed E-state index contributed by atoms with van der Waals surface area (Å²) in [6, 6.07) is 11.0. The van der Waals surface area contributed by atoms with E-state index in [-0.39, 0.29) is 5.91 Å². The number of carbonyl (C=O) groups is 1. The third-order valence-corrected chi connectivity index (χ3v) is 3.40. The molecule has 0 atom stereocenters. The van der Waals surface area contributed by atoms with Gasteiger partial charge in [-0.3, -0.25) is 4.79 Å². The molecule has 0 aromatic heterocycles. The molecule has 0 aliphatic heterocycles. The minimum Gasteiger partial charge on any atom is -0.493 e. The molecule has 0 fully saturated rings. The van der Waals surface area contributed by atoms with Gasteiger partial charge in [0.25, 0.3) is 5.91 Å². The number of amides is 1. The third kappa shape index (κ3) is 3.56. The van der Waals surface area contributed by atoms with Crippen molar-refractivity contribution in [3.63, 3.8) is 0 Å². The van der Waals surface area contributed by atoms with Gasteiger partial charge in [0.2, 0.25) is 0 Å². The van der Waals surface area contributed by atoms with E-state index in [1.54, 1.807) is 18.2 Å². The maximum Gasteiger partial charge on any atom is 0.259 e. The Kier molecular flexibility index (Phi) is 4.86. The van der Waals surface area contributed by atoms with E-state index in [9.17, 15) is 4.79 Å². The van der Waals surface area contributed by atoms with Gasteiger partial charge in [-0.1, -0.05) is 29.8 Å². The molecule has 2 aromatic rings. The molecule has 0 radical (unpaired) electrons. The van der Waals surface area contributed by atoms with Crippen LogP contribution in [0, 0.1) is 13.8 Å². The zero-order valence-corrected chi connectivity index (χ0v) is 13.1. The predicted molar refractivity (Wildman–Crippen MR) is 86.5 cm³/mol. The lowest BCUT2D eigenvalue weighted by atomic mass is 10.1. The summed E-state index contributed by atoms with van der Waals surface area (Å²) in [5.41, 5.74) is 3.13. The normalized spacial score (nSPS) is 10.3. The Morgan fingerprint density at radius 2 is 1.95 bits per heavy atom. The number of halogens is 1. The highest BCUT2D eigenvalue weighted by atomic mass is 35.5. The standard InChI is InChI=1S/C17H18ClNO2/c1-4-21-15-8-6-5-7-13(15)17(20)19-16-12(3)9-11(2)10-14(16)18/h5-10H,4H2,1-3H3,(H,19,20). The van der Waals surface area contributed by atoms with Gasteiger partial charge in [0.05, 0.1) is 22.9 Å². The van der Waals surface area contributed by atoms with Crippen molar-refractivity contribution in [2.75, 3.05) is 11.9 Å². The van der Waals surface area contributed by atoms with E-state index >= 15 is 0 Å². The Morgan fingerprint density at radius 1 is 1.24 bits per heavy atom. The van der Waals surface area contributed by atoms with Gasteiger partial charge in [-0.25, -0.2) is 0 Å². The van der Waals surface area contributed by atoms with E-state index < -0.39 is 0 Å². The average Bonchev–Trinajstić information content (AvgIpc) is 2.43. The molecule has 0 aliphatic rings. The summed E-state index contributed by atoms with van der Waals surface area (Å²) in [6.45, 7) is 6.28. The minimum atomic E-state index is -0.229. The second-order valence-electron chi connectivity index (χ2n) is 4.82. The van der Waals surface area contributed by atoms with Crippen LogP contribution in [0.25, 0.3) is 0 Å². The number of rotatable bonds is 4. The predicted octanol–water partition coefficient (Wildman–Crippen LogP) is 4.61. The molecule has 21 heavy (non-hydrogen) atoms. The van der Waals surface area contributed by atoms with Crippen LogP contribution in [0.2, 0.25) is 5.02 Å². The molecule has 3 nitrogen and oxygen atoms in total. The number of hydrogen-bond donors (Lipinski definition) is 1. The van der Waals surface area contributed by atoms with Gasteiger partial charge in [0, 0.05) is 0 Å². The number of nitrogens with one attached hydrogen (secondary N) is 1. The third-order valence-electron chi connectivity index (χ3n) is 3.10. The van der Waals surface area contributed by atoms with E-state index in [1.165, 1.54) is 0 Å². The topological polar surface area (TPSA) is 38.3 Å². The molecule has 0 saturated carbocycles. The second-order valence-corrected chi connectivity index (χ2v) is 5.23. The van der Waals surface area contributed by atoms with Crippen LogP contribution in [0.1, 0.15) is 28.4 Å². The Labute approximate surface area is 129 Å². The lowest BCUT2D eigenvalue weighted by molar-refractivity contribution is 0.102. The molecule has 0 heterocycles. The van der Waals surface area contributed by atoms with Gasteiger partial charge >= 0.3 is 0 Å². The van der Waals surface area contributed by atoms with Crippen LogP contribution >= 0.6 is 11.6 Å². The first-order chi connectivity index (χ1) is 10.0. The minimum absolute atomic E-state index is 0.229. The maximum atomic E-state index is 12.4. The van der Waals surface area contributed by atoms with Crippen molar-refractivity contribution < 1.29 is 9.53 Å². The van der Waals surface area contributed by atoms with Gasteiger partial charge in [0.15, 0.2) is 0 Å².